The number of nitrogens with zero attached hydrogens (tertiary/aromatic N) is 1. The molecule has 1 unspecified atom stereocenters. The van der Waals surface area contributed by atoms with Crippen LogP contribution in [-0.4, -0.2) is 59.4 Å². The highest BCUT2D eigenvalue weighted by atomic mass is 31.3. The molecule has 7 N–H and O–H groups in total. The van der Waals surface area contributed by atoms with Gasteiger partial charge in [0.2, 0.25) is 0 Å². The first kappa shape index (κ1) is 20.1. The molecule has 1 fully saturated rings. The molecule has 0 saturated carbocycles. The van der Waals surface area contributed by atoms with Crippen molar-refractivity contribution in [3.8, 4) is 0 Å². The van der Waals surface area contributed by atoms with Gasteiger partial charge in [-0.25, -0.2) is 13.9 Å². The third kappa shape index (κ3) is 5.15. The van der Waals surface area contributed by atoms with Gasteiger partial charge >= 0.3 is 21.2 Å². The highest BCUT2D eigenvalue weighted by Gasteiger charge is 2.45. The lowest BCUT2D eigenvalue weighted by Crippen LogP contribution is -2.37. The van der Waals surface area contributed by atoms with Gasteiger partial charge in [0.15, 0.2) is 6.23 Å². The highest BCUT2D eigenvalue weighted by molar-refractivity contribution is 7.66. The Balaban J connectivity index is 2.09. The van der Waals surface area contributed by atoms with E-state index in [9.17, 15) is 33.8 Å². The van der Waals surface area contributed by atoms with E-state index < -0.39 is 57.9 Å². The van der Waals surface area contributed by atoms with Crippen LogP contribution in [0.1, 0.15) is 6.23 Å². The Kier molecular flexibility index (Phi) is 5.81. The van der Waals surface area contributed by atoms with E-state index in [-0.39, 0.29) is 0 Å². The number of aliphatic hydroxyl groups excluding tert-OH is 2. The Morgan fingerprint density at radius 2 is 1.88 bits per heavy atom. The molecule has 142 valence electrons. The summed E-state index contributed by atoms with van der Waals surface area (Å²) in [6.45, 7) is -0.840. The highest BCUT2D eigenvalue weighted by Crippen LogP contribution is 2.48. The number of hydrogen-bond acceptors (Lipinski definition) is 8. The van der Waals surface area contributed by atoms with Gasteiger partial charge in [0.05, 0.1) is 6.61 Å². The van der Waals surface area contributed by atoms with Crippen LogP contribution in [0.4, 0.5) is 0 Å². The second kappa shape index (κ2) is 7.21. The number of hydrogen-bond donors (Lipinski definition) is 7. The molecule has 2 heterocycles. The predicted molar refractivity (Wildman–Crippen MR) is 78.2 cm³/mol. The summed E-state index contributed by atoms with van der Waals surface area (Å²) in [5.74, 6) is 0. The minimum absolute atomic E-state index is 0.695. The zero-order valence-electron chi connectivity index (χ0n) is 12.2. The van der Waals surface area contributed by atoms with Crippen molar-refractivity contribution in [3.63, 3.8) is 0 Å². The van der Waals surface area contributed by atoms with Crippen LogP contribution >= 0.6 is 15.5 Å². The molecular formula is C9H15N3O11P2. The van der Waals surface area contributed by atoms with Crippen molar-refractivity contribution in [2.45, 2.75) is 24.5 Å². The van der Waals surface area contributed by atoms with Crippen LogP contribution in [-0.2, 0) is 18.4 Å². The van der Waals surface area contributed by atoms with Crippen LogP contribution in [0.5, 0.6) is 0 Å². The van der Waals surface area contributed by atoms with Gasteiger partial charge in [-0.1, -0.05) is 0 Å². The van der Waals surface area contributed by atoms with E-state index in [0.29, 0.717) is 0 Å². The number of ether oxygens (including phenoxy) is 1. The quantitative estimate of drug-likeness (QED) is 0.236. The Labute approximate surface area is 138 Å². The maximum absolute atomic E-state index is 11.7. The largest absolute Gasteiger partial charge is 0.412 e. The molecule has 0 radical (unpaired) electrons. The number of rotatable bonds is 6. The second-order valence-corrected chi connectivity index (χ2v) is 8.21. The molecule has 1 aliphatic rings. The average molecular weight is 403 g/mol. The summed E-state index contributed by atoms with van der Waals surface area (Å²) in [4.78, 5) is 52.1. The van der Waals surface area contributed by atoms with Gasteiger partial charge in [0.25, 0.3) is 5.56 Å². The Morgan fingerprint density at radius 3 is 2.44 bits per heavy atom. The van der Waals surface area contributed by atoms with E-state index in [4.69, 9.17) is 14.5 Å². The van der Waals surface area contributed by atoms with Gasteiger partial charge in [-0.3, -0.25) is 18.9 Å². The summed E-state index contributed by atoms with van der Waals surface area (Å²) < 4.78 is 32.5. The molecule has 0 amide bonds. The monoisotopic (exact) mass is 403 g/mol. The van der Waals surface area contributed by atoms with Crippen LogP contribution in [0.15, 0.2) is 21.9 Å². The number of H-pyrrole nitrogens is 1. The van der Waals surface area contributed by atoms with Gasteiger partial charge in [0.1, 0.15) is 18.3 Å². The van der Waals surface area contributed by atoms with E-state index in [1.165, 1.54) is 0 Å². The van der Waals surface area contributed by atoms with Crippen molar-refractivity contribution in [1.82, 2.24) is 14.4 Å². The Bertz CT molecular complexity index is 831. The topological polar surface area (TPSA) is 221 Å². The molecule has 0 spiro atoms. The molecule has 1 aromatic heterocycles. The summed E-state index contributed by atoms with van der Waals surface area (Å²) in [5, 5.41) is 19.8. The van der Waals surface area contributed by atoms with E-state index in [2.05, 4.69) is 4.52 Å². The molecule has 1 aromatic rings. The Morgan fingerprint density at radius 1 is 1.24 bits per heavy atom. The number of aliphatic hydroxyl groups is 2. The van der Waals surface area contributed by atoms with Crippen LogP contribution in [0, 0.1) is 0 Å². The summed E-state index contributed by atoms with van der Waals surface area (Å²) in [6, 6.07) is 0.972. The minimum Gasteiger partial charge on any atom is -0.387 e. The third-order valence-electron chi connectivity index (χ3n) is 3.13. The van der Waals surface area contributed by atoms with Crippen molar-refractivity contribution in [2.75, 3.05) is 6.61 Å². The standard InChI is InChI=1S/C9H15N3O11P2/c13-5-1-2-12(9(16)10-5)8-7(15)6(14)4(23-8)3-22-25(20,21)11-24(17,18)19/h1-2,4,6-8,14-15H,3H2,(H,10,13,16)(H4,11,17,18,19,20,21)/t4-,6-,7-,8-/m1/s1. The second-order valence-electron chi connectivity index (χ2n) is 5.02. The van der Waals surface area contributed by atoms with Gasteiger partial charge in [-0.15, -0.1) is 4.86 Å². The summed E-state index contributed by atoms with van der Waals surface area (Å²) in [7, 11) is -9.99. The van der Waals surface area contributed by atoms with Crippen LogP contribution < -0.4 is 16.1 Å². The molecular weight excluding hydrogens is 388 g/mol. The predicted octanol–water partition coefficient (Wildman–Crippen LogP) is -3.04. The summed E-state index contributed by atoms with van der Waals surface area (Å²) >= 11 is 0. The first-order chi connectivity index (χ1) is 11.4. The molecule has 25 heavy (non-hydrogen) atoms. The van der Waals surface area contributed by atoms with Gasteiger partial charge in [-0.05, 0) is 0 Å². The minimum atomic E-state index is -5.07. The summed E-state index contributed by atoms with van der Waals surface area (Å²) in [5.41, 5.74) is -1.62. The molecule has 14 nitrogen and oxygen atoms in total. The summed E-state index contributed by atoms with van der Waals surface area (Å²) in [6.07, 6.45) is -5.13. The molecule has 0 aromatic carbocycles. The van der Waals surface area contributed by atoms with Crippen molar-refractivity contribution in [2.24, 2.45) is 0 Å². The van der Waals surface area contributed by atoms with Crippen molar-refractivity contribution >= 4 is 15.5 Å². The van der Waals surface area contributed by atoms with Gasteiger partial charge in [0, 0.05) is 12.3 Å². The lowest BCUT2D eigenvalue weighted by atomic mass is 10.1. The fourth-order valence-corrected chi connectivity index (χ4v) is 3.99. The van der Waals surface area contributed by atoms with Crippen LogP contribution in [0.2, 0.25) is 0 Å². The lowest BCUT2D eigenvalue weighted by Gasteiger charge is -2.18. The van der Waals surface area contributed by atoms with Crippen molar-refractivity contribution in [3.05, 3.63) is 33.1 Å². The fraction of sp³-hybridized carbons (Fsp3) is 0.556. The van der Waals surface area contributed by atoms with Crippen molar-refractivity contribution < 1.29 is 43.3 Å². The van der Waals surface area contributed by atoms with E-state index in [1.807, 2.05) is 4.98 Å². The maximum atomic E-state index is 11.7. The van der Waals surface area contributed by atoms with Gasteiger partial charge in [-0.2, -0.15) is 0 Å². The molecule has 5 atom stereocenters. The van der Waals surface area contributed by atoms with E-state index >= 15 is 0 Å². The lowest BCUT2D eigenvalue weighted by molar-refractivity contribution is -0.0526. The van der Waals surface area contributed by atoms with Crippen LogP contribution in [0.3, 0.4) is 0 Å². The normalized spacial score (nSPS) is 29.5. The van der Waals surface area contributed by atoms with E-state index in [0.717, 1.165) is 21.7 Å². The third-order valence-corrected chi connectivity index (χ3v) is 5.69. The first-order valence-corrected chi connectivity index (χ1v) is 9.74. The molecule has 1 saturated heterocycles. The van der Waals surface area contributed by atoms with Gasteiger partial charge < -0.3 is 29.6 Å². The number of nitrogens with one attached hydrogen (secondary N) is 2. The molecule has 16 heteroatoms. The van der Waals surface area contributed by atoms with Crippen LogP contribution in [0.25, 0.3) is 0 Å². The molecule has 0 aliphatic carbocycles. The maximum Gasteiger partial charge on any atom is 0.412 e. The van der Waals surface area contributed by atoms with E-state index in [1.54, 1.807) is 0 Å². The van der Waals surface area contributed by atoms with Crippen molar-refractivity contribution in [1.29, 1.82) is 0 Å². The Hall–Kier alpha value is -1.18. The fourth-order valence-electron chi connectivity index (χ4n) is 2.09. The smallest absolute Gasteiger partial charge is 0.387 e. The number of aromatic amines is 1. The molecule has 1 aliphatic heterocycles. The average Bonchev–Trinajstić information content (AvgIpc) is 2.71. The number of aromatic nitrogens is 2. The molecule has 2 rings (SSSR count). The zero-order chi connectivity index (χ0) is 19.0. The zero-order valence-corrected chi connectivity index (χ0v) is 14.0. The first-order valence-electron chi connectivity index (χ1n) is 6.55. The SMILES string of the molecule is O=c1ccn([C@@H]2O[C@H](COP(=O)(O)NP(=O)(O)O)[C@@H](O)[C@H]2O)c(=O)[nH]1. The molecule has 0 bridgehead atoms.